The second kappa shape index (κ2) is 8.95. The smallest absolute Gasteiger partial charge is 0.398 e. The minimum atomic E-state index is -1.30. The number of hydrogen-bond donors (Lipinski definition) is 1. The van der Waals surface area contributed by atoms with Crippen LogP contribution in [-0.4, -0.2) is 32.6 Å². The summed E-state index contributed by atoms with van der Waals surface area (Å²) in [6, 6.07) is 3.40. The van der Waals surface area contributed by atoms with Gasteiger partial charge >= 0.3 is 11.9 Å². The summed E-state index contributed by atoms with van der Waals surface area (Å²) in [7, 11) is 0. The van der Waals surface area contributed by atoms with Gasteiger partial charge in [-0.1, -0.05) is 37.8 Å². The Bertz CT molecular complexity index is 798. The van der Waals surface area contributed by atoms with Gasteiger partial charge in [-0.25, -0.2) is 4.79 Å². The van der Waals surface area contributed by atoms with Crippen LogP contribution in [0.4, 0.5) is 0 Å². The standard InChI is InChI=1S/C20H26N4O4/c1-2-3-4-5-14-6-10-20(11-7-14,19(21)26)27-18(25)17-23-16(24-28-17)15-8-12-22-13-9-15/h8-9,12-14H,2-7,10-11H2,1H3,(H2,21,26). The number of unbranched alkanes of at least 4 members (excludes halogenated alkanes) is 2. The summed E-state index contributed by atoms with van der Waals surface area (Å²) in [4.78, 5) is 32.6. The molecule has 0 radical (unpaired) electrons. The van der Waals surface area contributed by atoms with Crippen molar-refractivity contribution in [1.29, 1.82) is 0 Å². The van der Waals surface area contributed by atoms with E-state index in [0.717, 1.165) is 19.3 Å². The number of ether oxygens (including phenoxy) is 1. The quantitative estimate of drug-likeness (QED) is 0.546. The number of pyridine rings is 1. The Kier molecular flexibility index (Phi) is 6.38. The molecule has 0 aliphatic heterocycles. The van der Waals surface area contributed by atoms with Crippen LogP contribution in [0.5, 0.6) is 0 Å². The highest BCUT2D eigenvalue weighted by molar-refractivity contribution is 5.91. The van der Waals surface area contributed by atoms with Gasteiger partial charge in [0.15, 0.2) is 5.60 Å². The SMILES string of the molecule is CCCCCC1CCC(OC(=O)c2nc(-c3ccncc3)no2)(C(N)=O)CC1. The molecule has 28 heavy (non-hydrogen) atoms. The number of amides is 1. The highest BCUT2D eigenvalue weighted by Gasteiger charge is 2.45. The molecule has 0 spiro atoms. The fourth-order valence-electron chi connectivity index (χ4n) is 3.66. The number of aromatic nitrogens is 3. The van der Waals surface area contributed by atoms with Crippen LogP contribution in [0.3, 0.4) is 0 Å². The summed E-state index contributed by atoms with van der Waals surface area (Å²) in [5, 5.41) is 3.79. The van der Waals surface area contributed by atoms with Gasteiger partial charge in [-0.05, 0) is 43.7 Å². The van der Waals surface area contributed by atoms with Crippen molar-refractivity contribution < 1.29 is 18.8 Å². The normalized spacial score (nSPS) is 22.0. The van der Waals surface area contributed by atoms with E-state index >= 15 is 0 Å². The Morgan fingerprint density at radius 2 is 1.96 bits per heavy atom. The molecule has 1 aliphatic carbocycles. The molecule has 2 aromatic heterocycles. The van der Waals surface area contributed by atoms with E-state index in [1.54, 1.807) is 24.5 Å². The van der Waals surface area contributed by atoms with Crippen molar-refractivity contribution in [2.45, 2.75) is 63.9 Å². The van der Waals surface area contributed by atoms with Gasteiger partial charge in [0.25, 0.3) is 5.91 Å². The molecule has 0 bridgehead atoms. The van der Waals surface area contributed by atoms with Crippen molar-refractivity contribution in [3.63, 3.8) is 0 Å². The van der Waals surface area contributed by atoms with Crippen molar-refractivity contribution in [2.24, 2.45) is 11.7 Å². The highest BCUT2D eigenvalue weighted by atomic mass is 16.6. The molecule has 2 heterocycles. The van der Waals surface area contributed by atoms with Crippen LogP contribution in [0.1, 0.15) is 69.0 Å². The Morgan fingerprint density at radius 3 is 2.61 bits per heavy atom. The molecular weight excluding hydrogens is 360 g/mol. The Labute approximate surface area is 163 Å². The van der Waals surface area contributed by atoms with E-state index in [9.17, 15) is 9.59 Å². The second-order valence-electron chi connectivity index (χ2n) is 7.35. The van der Waals surface area contributed by atoms with Gasteiger partial charge in [-0.3, -0.25) is 9.78 Å². The monoisotopic (exact) mass is 386 g/mol. The molecule has 1 aliphatic rings. The molecule has 150 valence electrons. The first kappa shape index (κ1) is 20.0. The first-order chi connectivity index (χ1) is 13.5. The number of nitrogens with two attached hydrogens (primary N) is 1. The van der Waals surface area contributed by atoms with Crippen LogP contribution in [0.15, 0.2) is 29.0 Å². The van der Waals surface area contributed by atoms with E-state index in [4.69, 9.17) is 15.0 Å². The first-order valence-electron chi connectivity index (χ1n) is 9.81. The van der Waals surface area contributed by atoms with Crippen molar-refractivity contribution in [1.82, 2.24) is 15.1 Å². The predicted molar refractivity (Wildman–Crippen MR) is 101 cm³/mol. The van der Waals surface area contributed by atoms with Crippen molar-refractivity contribution in [3.8, 4) is 11.4 Å². The molecule has 0 aromatic carbocycles. The summed E-state index contributed by atoms with van der Waals surface area (Å²) in [6.45, 7) is 2.18. The summed E-state index contributed by atoms with van der Waals surface area (Å²) < 4.78 is 10.6. The van der Waals surface area contributed by atoms with Gasteiger partial charge in [0.1, 0.15) is 0 Å². The van der Waals surface area contributed by atoms with Crippen LogP contribution in [0, 0.1) is 5.92 Å². The molecule has 2 N–H and O–H groups in total. The summed E-state index contributed by atoms with van der Waals surface area (Å²) in [6.07, 6.45) is 10.4. The Hall–Kier alpha value is -2.77. The largest absolute Gasteiger partial charge is 0.442 e. The van der Waals surface area contributed by atoms with Gasteiger partial charge in [0.2, 0.25) is 5.82 Å². The number of rotatable bonds is 8. The second-order valence-corrected chi connectivity index (χ2v) is 7.35. The minimum absolute atomic E-state index is 0.252. The van der Waals surface area contributed by atoms with E-state index in [0.29, 0.717) is 24.3 Å². The lowest BCUT2D eigenvalue weighted by Crippen LogP contribution is -2.50. The van der Waals surface area contributed by atoms with Crippen LogP contribution >= 0.6 is 0 Å². The number of carbonyl (C=O) groups excluding carboxylic acids is 2. The van der Waals surface area contributed by atoms with E-state index in [-0.39, 0.29) is 11.7 Å². The van der Waals surface area contributed by atoms with E-state index in [2.05, 4.69) is 22.0 Å². The molecule has 8 nitrogen and oxygen atoms in total. The molecule has 8 heteroatoms. The third-order valence-corrected chi connectivity index (χ3v) is 5.41. The zero-order chi connectivity index (χ0) is 20.0. The van der Waals surface area contributed by atoms with E-state index in [1.165, 1.54) is 19.3 Å². The van der Waals surface area contributed by atoms with Gasteiger partial charge in [0, 0.05) is 18.0 Å². The zero-order valence-corrected chi connectivity index (χ0v) is 16.1. The fourth-order valence-corrected chi connectivity index (χ4v) is 3.66. The van der Waals surface area contributed by atoms with Gasteiger partial charge in [0.05, 0.1) is 0 Å². The van der Waals surface area contributed by atoms with Crippen LogP contribution in [-0.2, 0) is 9.53 Å². The van der Waals surface area contributed by atoms with Gasteiger partial charge < -0.3 is 15.0 Å². The Morgan fingerprint density at radius 1 is 1.25 bits per heavy atom. The first-order valence-corrected chi connectivity index (χ1v) is 9.81. The topological polar surface area (TPSA) is 121 Å². The lowest BCUT2D eigenvalue weighted by atomic mass is 9.76. The molecule has 3 rings (SSSR count). The van der Waals surface area contributed by atoms with E-state index in [1.807, 2.05) is 0 Å². The maximum absolute atomic E-state index is 12.5. The maximum atomic E-state index is 12.5. The lowest BCUT2D eigenvalue weighted by Gasteiger charge is -2.36. The molecule has 0 atom stereocenters. The molecular formula is C20H26N4O4. The van der Waals surface area contributed by atoms with Crippen molar-refractivity contribution in [2.75, 3.05) is 0 Å². The van der Waals surface area contributed by atoms with E-state index < -0.39 is 17.5 Å². The average Bonchev–Trinajstić information content (AvgIpc) is 3.20. The average molecular weight is 386 g/mol. The summed E-state index contributed by atoms with van der Waals surface area (Å²) in [5.74, 6) is -0.947. The third kappa shape index (κ3) is 4.55. The number of esters is 1. The van der Waals surface area contributed by atoms with Crippen molar-refractivity contribution in [3.05, 3.63) is 30.4 Å². The predicted octanol–water partition coefficient (Wildman–Crippen LogP) is 3.28. The number of carbonyl (C=O) groups is 2. The summed E-state index contributed by atoms with van der Waals surface area (Å²) in [5.41, 5.74) is 4.96. The van der Waals surface area contributed by atoms with Crippen LogP contribution in [0.2, 0.25) is 0 Å². The van der Waals surface area contributed by atoms with Crippen LogP contribution in [0.25, 0.3) is 11.4 Å². The number of nitrogens with zero attached hydrogens (tertiary/aromatic N) is 3. The molecule has 2 aromatic rings. The molecule has 1 fully saturated rings. The van der Waals surface area contributed by atoms with Gasteiger partial charge in [-0.2, -0.15) is 4.98 Å². The van der Waals surface area contributed by atoms with Crippen LogP contribution < -0.4 is 5.73 Å². The maximum Gasteiger partial charge on any atom is 0.398 e. The molecule has 0 unspecified atom stereocenters. The van der Waals surface area contributed by atoms with Gasteiger partial charge in [-0.15, -0.1) is 0 Å². The lowest BCUT2D eigenvalue weighted by molar-refractivity contribution is -0.142. The fraction of sp³-hybridized carbons (Fsp3) is 0.550. The molecule has 0 saturated heterocycles. The van der Waals surface area contributed by atoms with Crippen molar-refractivity contribution >= 4 is 11.9 Å². The number of primary amides is 1. The molecule has 1 amide bonds. The molecule has 1 saturated carbocycles. The number of hydrogen-bond acceptors (Lipinski definition) is 7. The minimum Gasteiger partial charge on any atom is -0.442 e. The third-order valence-electron chi connectivity index (χ3n) is 5.41. The Balaban J connectivity index is 1.64. The zero-order valence-electron chi connectivity index (χ0n) is 16.1. The highest BCUT2D eigenvalue weighted by Crippen LogP contribution is 2.37. The summed E-state index contributed by atoms with van der Waals surface area (Å²) >= 11 is 0.